The first-order valence-corrected chi connectivity index (χ1v) is 18.6. The fourth-order valence-corrected chi connectivity index (χ4v) is 9.43. The molecule has 0 amide bonds. The van der Waals surface area contributed by atoms with Crippen molar-refractivity contribution < 1.29 is 0 Å². The third kappa shape index (κ3) is 4.64. The summed E-state index contributed by atoms with van der Waals surface area (Å²) in [4.78, 5) is 2.41. The number of benzene rings is 8. The number of anilines is 3. The van der Waals surface area contributed by atoms with Crippen molar-refractivity contribution in [3.63, 3.8) is 0 Å². The van der Waals surface area contributed by atoms with Gasteiger partial charge in [0.2, 0.25) is 0 Å². The van der Waals surface area contributed by atoms with Gasteiger partial charge in [0, 0.05) is 22.5 Å². The van der Waals surface area contributed by atoms with E-state index in [1.165, 1.54) is 66.8 Å². The predicted octanol–water partition coefficient (Wildman–Crippen LogP) is 13.5. The Morgan fingerprint density at radius 1 is 0.302 bits per heavy atom. The number of nitrogens with zero attached hydrogens (tertiary/aromatic N) is 1. The molecule has 0 unspecified atom stereocenters. The van der Waals surface area contributed by atoms with Gasteiger partial charge >= 0.3 is 0 Å². The minimum absolute atomic E-state index is 0.121. The zero-order valence-electron chi connectivity index (χ0n) is 30.0. The number of fused-ring (bicyclic) bond motifs is 9. The molecule has 0 radical (unpaired) electrons. The maximum absolute atomic E-state index is 2.44. The van der Waals surface area contributed by atoms with Crippen LogP contribution in [0.3, 0.4) is 0 Å². The van der Waals surface area contributed by atoms with Crippen molar-refractivity contribution in [1.29, 1.82) is 0 Å². The lowest BCUT2D eigenvalue weighted by atomic mass is 9.55. The highest BCUT2D eigenvalue weighted by Crippen LogP contribution is 2.62. The van der Waals surface area contributed by atoms with Gasteiger partial charge in [-0.15, -0.1) is 0 Å². The summed E-state index contributed by atoms with van der Waals surface area (Å²) in [7, 11) is 0. The molecule has 0 saturated heterocycles. The van der Waals surface area contributed by atoms with Crippen LogP contribution in [0.4, 0.5) is 17.1 Å². The molecule has 0 aliphatic heterocycles. The minimum Gasteiger partial charge on any atom is -0.310 e. The molecule has 2 aliphatic rings. The highest BCUT2D eigenvalue weighted by Gasteiger charge is 2.53. The van der Waals surface area contributed by atoms with Gasteiger partial charge in [-0.05, 0) is 103 Å². The van der Waals surface area contributed by atoms with Crippen molar-refractivity contribution in [3.8, 4) is 33.4 Å². The quantitative estimate of drug-likeness (QED) is 0.175. The first-order valence-electron chi connectivity index (χ1n) is 18.6. The molecule has 2 aliphatic carbocycles. The van der Waals surface area contributed by atoms with Gasteiger partial charge in [-0.3, -0.25) is 0 Å². The Labute approximate surface area is 312 Å². The highest BCUT2D eigenvalue weighted by atomic mass is 15.1. The van der Waals surface area contributed by atoms with Crippen LogP contribution in [0.25, 0.3) is 33.4 Å². The molecule has 8 aromatic carbocycles. The lowest BCUT2D eigenvalue weighted by Gasteiger charge is -2.46. The molecular formula is C52H39N. The van der Waals surface area contributed by atoms with Gasteiger partial charge in [-0.1, -0.05) is 178 Å². The average molecular weight is 678 g/mol. The van der Waals surface area contributed by atoms with Crippen molar-refractivity contribution in [2.24, 2.45) is 0 Å². The van der Waals surface area contributed by atoms with E-state index in [9.17, 15) is 0 Å². The monoisotopic (exact) mass is 677 g/mol. The standard InChI is InChI=1S/C52H39N/c1-51(2)47-28-13-15-30-49(47)52(50-31-16-14-29-48(50)51)45-27-12-11-26-43(45)44-35-40(32-33-46(44)52)53(38-21-7-4-8-22-38)39-23-17-20-37(34-39)42-25-10-9-24-41(42)36-18-5-3-6-19-36/h3-35H,1-2H3. The summed E-state index contributed by atoms with van der Waals surface area (Å²) in [5.41, 5.74) is 18.5. The lowest BCUT2D eigenvalue weighted by molar-refractivity contribution is 0.563. The summed E-state index contributed by atoms with van der Waals surface area (Å²) in [5, 5.41) is 0. The molecule has 0 heterocycles. The molecule has 10 rings (SSSR count). The van der Waals surface area contributed by atoms with Crippen molar-refractivity contribution in [2.75, 3.05) is 4.90 Å². The van der Waals surface area contributed by atoms with E-state index in [-0.39, 0.29) is 5.41 Å². The van der Waals surface area contributed by atoms with Crippen molar-refractivity contribution >= 4 is 17.1 Å². The van der Waals surface area contributed by atoms with Crippen LogP contribution in [-0.4, -0.2) is 0 Å². The Morgan fingerprint density at radius 2 is 0.755 bits per heavy atom. The van der Waals surface area contributed by atoms with Gasteiger partial charge in [-0.2, -0.15) is 0 Å². The normalized spacial score (nSPS) is 14.2. The van der Waals surface area contributed by atoms with Crippen LogP contribution in [0.2, 0.25) is 0 Å². The molecule has 1 heteroatoms. The number of para-hydroxylation sites is 1. The average Bonchev–Trinajstić information content (AvgIpc) is 3.51. The Balaban J connectivity index is 1.19. The van der Waals surface area contributed by atoms with Crippen LogP contribution in [0.15, 0.2) is 200 Å². The van der Waals surface area contributed by atoms with Gasteiger partial charge in [0.25, 0.3) is 0 Å². The molecule has 0 bridgehead atoms. The third-order valence-corrected chi connectivity index (χ3v) is 11.7. The molecule has 252 valence electrons. The molecule has 53 heavy (non-hydrogen) atoms. The topological polar surface area (TPSA) is 3.24 Å². The fraction of sp³-hybridized carbons (Fsp3) is 0.0769. The Kier molecular flexibility index (Phi) is 7.13. The van der Waals surface area contributed by atoms with Gasteiger partial charge < -0.3 is 4.90 Å². The first kappa shape index (κ1) is 31.3. The Morgan fingerprint density at radius 3 is 1.42 bits per heavy atom. The van der Waals surface area contributed by atoms with Crippen molar-refractivity contribution in [2.45, 2.75) is 24.7 Å². The second-order valence-corrected chi connectivity index (χ2v) is 14.9. The van der Waals surface area contributed by atoms with E-state index in [2.05, 4.69) is 219 Å². The van der Waals surface area contributed by atoms with Crippen LogP contribution >= 0.6 is 0 Å². The van der Waals surface area contributed by atoms with E-state index in [4.69, 9.17) is 0 Å². The van der Waals surface area contributed by atoms with Gasteiger partial charge in [0.05, 0.1) is 5.41 Å². The van der Waals surface area contributed by atoms with E-state index in [1.54, 1.807) is 0 Å². The van der Waals surface area contributed by atoms with Crippen LogP contribution in [0, 0.1) is 0 Å². The summed E-state index contributed by atoms with van der Waals surface area (Å²) in [6.45, 7) is 4.76. The maximum Gasteiger partial charge on any atom is 0.0719 e. The molecule has 0 saturated carbocycles. The smallest absolute Gasteiger partial charge is 0.0719 e. The van der Waals surface area contributed by atoms with E-state index in [0.29, 0.717) is 0 Å². The molecule has 0 atom stereocenters. The van der Waals surface area contributed by atoms with Crippen LogP contribution < -0.4 is 4.90 Å². The van der Waals surface area contributed by atoms with Crippen LogP contribution in [0.5, 0.6) is 0 Å². The molecule has 0 N–H and O–H groups in total. The Hall–Kier alpha value is -6.44. The molecule has 8 aromatic rings. The second-order valence-electron chi connectivity index (χ2n) is 14.9. The highest BCUT2D eigenvalue weighted by molar-refractivity contribution is 5.92. The maximum atomic E-state index is 2.44. The van der Waals surface area contributed by atoms with Gasteiger partial charge in [0.1, 0.15) is 0 Å². The second kappa shape index (κ2) is 12.1. The van der Waals surface area contributed by atoms with E-state index < -0.39 is 5.41 Å². The van der Waals surface area contributed by atoms with Crippen molar-refractivity contribution in [3.05, 3.63) is 234 Å². The number of rotatable bonds is 5. The Bertz CT molecular complexity index is 2600. The summed E-state index contributed by atoms with van der Waals surface area (Å²) >= 11 is 0. The first-order chi connectivity index (χ1) is 26.1. The fourth-order valence-electron chi connectivity index (χ4n) is 9.43. The molecule has 1 nitrogen and oxygen atoms in total. The molecular weight excluding hydrogens is 639 g/mol. The van der Waals surface area contributed by atoms with E-state index in [1.807, 2.05) is 0 Å². The largest absolute Gasteiger partial charge is 0.310 e. The van der Waals surface area contributed by atoms with Crippen LogP contribution in [0.1, 0.15) is 47.2 Å². The van der Waals surface area contributed by atoms with Gasteiger partial charge in [-0.25, -0.2) is 0 Å². The lowest BCUT2D eigenvalue weighted by Crippen LogP contribution is -2.40. The molecule has 0 fully saturated rings. The SMILES string of the molecule is CC1(C)c2ccccc2C2(c3ccccc3-c3cc(N(c4ccccc4)c4cccc(-c5ccccc5-c5ccccc5)c4)ccc32)c2ccccc21. The van der Waals surface area contributed by atoms with Crippen molar-refractivity contribution in [1.82, 2.24) is 0 Å². The summed E-state index contributed by atoms with van der Waals surface area (Å²) < 4.78 is 0. The summed E-state index contributed by atoms with van der Waals surface area (Å²) in [5.74, 6) is 0. The minimum atomic E-state index is -0.411. The predicted molar refractivity (Wildman–Crippen MR) is 221 cm³/mol. The zero-order chi connectivity index (χ0) is 35.6. The van der Waals surface area contributed by atoms with Gasteiger partial charge in [0.15, 0.2) is 0 Å². The number of hydrogen-bond acceptors (Lipinski definition) is 1. The van der Waals surface area contributed by atoms with E-state index >= 15 is 0 Å². The third-order valence-electron chi connectivity index (χ3n) is 11.7. The number of hydrogen-bond donors (Lipinski definition) is 0. The summed E-state index contributed by atoms with van der Waals surface area (Å²) in [6, 6.07) is 73.8. The molecule has 0 aromatic heterocycles. The van der Waals surface area contributed by atoms with E-state index in [0.717, 1.165) is 17.1 Å². The summed E-state index contributed by atoms with van der Waals surface area (Å²) in [6.07, 6.45) is 0. The molecule has 1 spiro atoms. The van der Waals surface area contributed by atoms with Crippen LogP contribution in [-0.2, 0) is 10.8 Å². The zero-order valence-corrected chi connectivity index (χ0v) is 30.0.